The molecule has 2 heterocycles. The third-order valence-corrected chi connectivity index (χ3v) is 4.81. The van der Waals surface area contributed by atoms with Crippen LogP contribution in [0, 0.1) is 13.8 Å². The van der Waals surface area contributed by atoms with E-state index in [0.29, 0.717) is 22.5 Å². The molecule has 0 saturated carbocycles. The fourth-order valence-electron chi connectivity index (χ4n) is 2.13. The molecule has 0 aliphatic rings. The van der Waals surface area contributed by atoms with Crippen molar-refractivity contribution < 1.29 is 14.3 Å². The van der Waals surface area contributed by atoms with Gasteiger partial charge in [-0.1, -0.05) is 22.0 Å². The van der Waals surface area contributed by atoms with Crippen LogP contribution >= 0.6 is 27.7 Å². The minimum atomic E-state index is -1.07. The second-order valence-corrected chi connectivity index (χ2v) is 7.17. The van der Waals surface area contributed by atoms with Crippen LogP contribution in [0.1, 0.15) is 17.1 Å². The number of carboxylic acids is 1. The van der Waals surface area contributed by atoms with Crippen LogP contribution < -0.4 is 0 Å². The summed E-state index contributed by atoms with van der Waals surface area (Å²) < 4.78 is 6.70. The standard InChI is InChI=1S/C17H14BrN3O3S/c1-9-3-5-12(13(18)7-9)14-6-4-11(24-14)8-15(16(22)23)25-17-19-10(2)20-21-17/h3-8H,1-2H3,(H,22,23)(H,19,20,21). The Labute approximate surface area is 156 Å². The van der Waals surface area contributed by atoms with E-state index in [9.17, 15) is 9.90 Å². The van der Waals surface area contributed by atoms with Crippen LogP contribution in [0.15, 0.2) is 49.3 Å². The van der Waals surface area contributed by atoms with Crippen LogP contribution in [0.3, 0.4) is 0 Å². The number of thioether (sulfide) groups is 1. The maximum atomic E-state index is 11.5. The normalized spacial score (nSPS) is 11.7. The molecule has 0 saturated heterocycles. The van der Waals surface area contributed by atoms with Crippen LogP contribution in [0.4, 0.5) is 0 Å². The molecule has 0 atom stereocenters. The van der Waals surface area contributed by atoms with Crippen molar-refractivity contribution >= 4 is 39.7 Å². The van der Waals surface area contributed by atoms with Gasteiger partial charge in [-0.05, 0) is 55.4 Å². The van der Waals surface area contributed by atoms with Gasteiger partial charge in [0, 0.05) is 16.1 Å². The van der Waals surface area contributed by atoms with Crippen LogP contribution in [0.25, 0.3) is 17.4 Å². The van der Waals surface area contributed by atoms with E-state index in [1.165, 1.54) is 6.08 Å². The third kappa shape index (κ3) is 4.21. The first kappa shape index (κ1) is 17.5. The predicted molar refractivity (Wildman–Crippen MR) is 99.2 cm³/mol. The van der Waals surface area contributed by atoms with Crippen LogP contribution in [-0.2, 0) is 4.79 Å². The number of hydrogen-bond acceptors (Lipinski definition) is 5. The number of benzene rings is 1. The van der Waals surface area contributed by atoms with Crippen molar-refractivity contribution in [3.8, 4) is 11.3 Å². The Morgan fingerprint density at radius 1 is 1.32 bits per heavy atom. The number of aryl methyl sites for hydroxylation is 2. The van der Waals surface area contributed by atoms with Gasteiger partial charge in [0.1, 0.15) is 22.3 Å². The summed E-state index contributed by atoms with van der Waals surface area (Å²) in [6, 6.07) is 9.48. The molecule has 8 heteroatoms. The number of nitrogens with one attached hydrogen (secondary N) is 1. The zero-order valence-corrected chi connectivity index (χ0v) is 15.8. The van der Waals surface area contributed by atoms with Gasteiger partial charge in [-0.3, -0.25) is 5.10 Å². The molecule has 1 aromatic carbocycles. The molecule has 6 nitrogen and oxygen atoms in total. The van der Waals surface area contributed by atoms with Gasteiger partial charge in [0.25, 0.3) is 0 Å². The summed E-state index contributed by atoms with van der Waals surface area (Å²) in [7, 11) is 0. The van der Waals surface area contributed by atoms with Gasteiger partial charge in [0.15, 0.2) is 0 Å². The van der Waals surface area contributed by atoms with Crippen molar-refractivity contribution in [3.63, 3.8) is 0 Å². The summed E-state index contributed by atoms with van der Waals surface area (Å²) in [5, 5.41) is 16.4. The fourth-order valence-corrected chi connectivity index (χ4v) is 3.55. The van der Waals surface area contributed by atoms with E-state index >= 15 is 0 Å². The van der Waals surface area contributed by atoms with E-state index in [2.05, 4.69) is 31.1 Å². The fraction of sp³-hybridized carbons (Fsp3) is 0.118. The Hall–Kier alpha value is -2.32. The molecule has 0 bridgehead atoms. The van der Waals surface area contributed by atoms with E-state index in [0.717, 1.165) is 27.4 Å². The Kier molecular flexibility index (Phi) is 5.10. The molecule has 0 aliphatic carbocycles. The van der Waals surface area contributed by atoms with Gasteiger partial charge in [-0.25, -0.2) is 9.78 Å². The highest BCUT2D eigenvalue weighted by atomic mass is 79.9. The number of rotatable bonds is 5. The average Bonchev–Trinajstić information content (AvgIpc) is 3.16. The van der Waals surface area contributed by atoms with Crippen LogP contribution in [-0.4, -0.2) is 26.3 Å². The molecule has 3 aromatic rings. The van der Waals surface area contributed by atoms with Crippen molar-refractivity contribution in [3.05, 3.63) is 56.9 Å². The molecule has 0 amide bonds. The number of H-pyrrole nitrogens is 1. The van der Waals surface area contributed by atoms with E-state index in [1.807, 2.05) is 31.2 Å². The SMILES string of the molecule is Cc1ccc(-c2ccc(C=C(Sc3n[nH]c(C)n3)C(=O)O)o2)c(Br)c1. The van der Waals surface area contributed by atoms with Gasteiger partial charge < -0.3 is 9.52 Å². The summed E-state index contributed by atoms with van der Waals surface area (Å²) in [6.07, 6.45) is 1.46. The summed E-state index contributed by atoms with van der Waals surface area (Å²) in [5.41, 5.74) is 2.04. The summed E-state index contributed by atoms with van der Waals surface area (Å²) in [5.74, 6) is 0.653. The monoisotopic (exact) mass is 419 g/mol. The smallest absolute Gasteiger partial charge is 0.342 e. The number of aromatic nitrogens is 3. The van der Waals surface area contributed by atoms with Crippen molar-refractivity contribution in [1.82, 2.24) is 15.2 Å². The molecule has 128 valence electrons. The molecule has 0 radical (unpaired) electrons. The van der Waals surface area contributed by atoms with Crippen molar-refractivity contribution in [2.45, 2.75) is 19.0 Å². The molecular formula is C17H14BrN3O3S. The Morgan fingerprint density at radius 2 is 2.12 bits per heavy atom. The molecule has 0 unspecified atom stereocenters. The van der Waals surface area contributed by atoms with Crippen molar-refractivity contribution in [1.29, 1.82) is 0 Å². The number of furan rings is 1. The van der Waals surface area contributed by atoms with Crippen molar-refractivity contribution in [2.24, 2.45) is 0 Å². The predicted octanol–water partition coefficient (Wildman–Crippen LogP) is 4.66. The van der Waals surface area contributed by atoms with E-state index in [-0.39, 0.29) is 4.91 Å². The first-order valence-electron chi connectivity index (χ1n) is 7.30. The molecule has 25 heavy (non-hydrogen) atoms. The molecular weight excluding hydrogens is 406 g/mol. The highest BCUT2D eigenvalue weighted by Gasteiger charge is 2.15. The topological polar surface area (TPSA) is 92.0 Å². The van der Waals surface area contributed by atoms with Gasteiger partial charge in [0.2, 0.25) is 5.16 Å². The molecule has 0 fully saturated rings. The largest absolute Gasteiger partial charge is 0.477 e. The average molecular weight is 420 g/mol. The van der Waals surface area contributed by atoms with Crippen LogP contribution in [0.2, 0.25) is 0 Å². The highest BCUT2D eigenvalue weighted by Crippen LogP contribution is 2.32. The summed E-state index contributed by atoms with van der Waals surface area (Å²) >= 11 is 4.48. The maximum Gasteiger partial charge on any atom is 0.342 e. The van der Waals surface area contributed by atoms with Gasteiger partial charge in [0.05, 0.1) is 0 Å². The van der Waals surface area contributed by atoms with E-state index in [1.54, 1.807) is 13.0 Å². The lowest BCUT2D eigenvalue weighted by molar-refractivity contribution is -0.131. The second-order valence-electron chi connectivity index (χ2n) is 5.30. The number of aromatic amines is 1. The minimum Gasteiger partial charge on any atom is -0.477 e. The highest BCUT2D eigenvalue weighted by molar-refractivity contribution is 9.10. The number of halogens is 1. The zero-order valence-electron chi connectivity index (χ0n) is 13.4. The lowest BCUT2D eigenvalue weighted by Gasteiger charge is -2.02. The Balaban J connectivity index is 1.88. The Morgan fingerprint density at radius 3 is 2.76 bits per heavy atom. The number of aliphatic carboxylic acids is 1. The number of hydrogen-bond donors (Lipinski definition) is 2. The van der Waals surface area contributed by atoms with Gasteiger partial charge in [-0.15, -0.1) is 5.10 Å². The maximum absolute atomic E-state index is 11.5. The molecule has 0 spiro atoms. The number of nitrogens with zero attached hydrogens (tertiary/aromatic N) is 2. The number of carbonyl (C=O) groups is 1. The quantitative estimate of drug-likeness (QED) is 0.461. The molecule has 2 aromatic heterocycles. The number of carboxylic acid groups (broad SMARTS) is 1. The Bertz CT molecular complexity index is 962. The third-order valence-electron chi connectivity index (χ3n) is 3.28. The van der Waals surface area contributed by atoms with Gasteiger partial charge >= 0.3 is 5.97 Å². The second kappa shape index (κ2) is 7.28. The van der Waals surface area contributed by atoms with Gasteiger partial charge in [-0.2, -0.15) is 0 Å². The molecule has 2 N–H and O–H groups in total. The minimum absolute atomic E-state index is 0.0721. The zero-order chi connectivity index (χ0) is 18.0. The molecule has 0 aliphatic heterocycles. The summed E-state index contributed by atoms with van der Waals surface area (Å²) in [4.78, 5) is 15.7. The van der Waals surface area contributed by atoms with Crippen LogP contribution in [0.5, 0.6) is 0 Å². The molecule has 3 rings (SSSR count). The lowest BCUT2D eigenvalue weighted by Crippen LogP contribution is -1.97. The van der Waals surface area contributed by atoms with E-state index < -0.39 is 5.97 Å². The van der Waals surface area contributed by atoms with E-state index in [4.69, 9.17) is 4.42 Å². The first-order valence-corrected chi connectivity index (χ1v) is 8.91. The van der Waals surface area contributed by atoms with Crippen molar-refractivity contribution in [2.75, 3.05) is 0 Å². The first-order chi connectivity index (χ1) is 11.9. The lowest BCUT2D eigenvalue weighted by atomic mass is 10.1. The summed E-state index contributed by atoms with van der Waals surface area (Å²) in [6.45, 7) is 3.76.